The lowest BCUT2D eigenvalue weighted by Crippen LogP contribution is -2.26. The number of nitrogens with zero attached hydrogens (tertiary/aromatic N) is 4. The van der Waals surface area contributed by atoms with E-state index in [0.717, 1.165) is 51.9 Å². The average Bonchev–Trinajstić information content (AvgIpc) is 1.64. The van der Waals surface area contributed by atoms with Crippen LogP contribution in [0.25, 0.3) is 0 Å². The van der Waals surface area contributed by atoms with Crippen LogP contribution >= 0.6 is 0 Å². The fourth-order valence-corrected chi connectivity index (χ4v) is 12.4. The Morgan fingerprint density at radius 1 is 0.407 bits per heavy atom. The van der Waals surface area contributed by atoms with Gasteiger partial charge < -0.3 is 38.5 Å². The second kappa shape index (κ2) is 33.8. The Morgan fingerprint density at radius 3 is 0.879 bits per heavy atom. The minimum Gasteiger partial charge on any atom is -0.378 e. The number of fused-ring (bicyclic) bond motifs is 4. The molecule has 0 spiro atoms. The first kappa shape index (κ1) is 71.9. The van der Waals surface area contributed by atoms with E-state index < -0.39 is 0 Å². The molecule has 482 valence electrons. The van der Waals surface area contributed by atoms with Crippen LogP contribution in [0.1, 0.15) is 117 Å². The van der Waals surface area contributed by atoms with Crippen LogP contribution in [0, 0.1) is 0 Å². The first-order valence-corrected chi connectivity index (χ1v) is 32.0. The van der Waals surface area contributed by atoms with Crippen molar-refractivity contribution in [2.75, 3.05) is 74.2 Å². The number of carbonyl (C=O) groups is 2. The molecule has 4 aromatic rings. The minimum atomic E-state index is -0.250. The second-order valence-electron chi connectivity index (χ2n) is 25.2. The van der Waals surface area contributed by atoms with Gasteiger partial charge in [0.1, 0.15) is 0 Å². The van der Waals surface area contributed by atoms with Gasteiger partial charge in [-0.2, -0.15) is 0 Å². The molecule has 2 atom stereocenters. The van der Waals surface area contributed by atoms with Gasteiger partial charge in [0.2, 0.25) is 0 Å². The summed E-state index contributed by atoms with van der Waals surface area (Å²) in [6.45, 7) is 36.7. The van der Waals surface area contributed by atoms with E-state index in [-0.39, 0.29) is 51.7 Å². The molecule has 4 aliphatic rings. The molecule has 0 N–H and O–H groups in total. The Kier molecular flexibility index (Phi) is 26.7. The summed E-state index contributed by atoms with van der Waals surface area (Å²) in [4.78, 5) is 35.3. The molecular formula is C81H102N4O6. The van der Waals surface area contributed by atoms with Gasteiger partial charge in [-0.05, 0) is 141 Å². The van der Waals surface area contributed by atoms with E-state index in [2.05, 4.69) is 240 Å². The number of hydrogen-bond donors (Lipinski definition) is 0. The van der Waals surface area contributed by atoms with Crippen LogP contribution in [0.15, 0.2) is 255 Å². The number of ether oxygens (including phenoxy) is 4. The van der Waals surface area contributed by atoms with Gasteiger partial charge in [-0.3, -0.25) is 9.59 Å². The lowest BCUT2D eigenvalue weighted by atomic mass is 9.83. The molecule has 0 amide bonds. The number of rotatable bonds is 27. The second-order valence-corrected chi connectivity index (χ2v) is 25.2. The number of para-hydroxylation sites is 4. The van der Waals surface area contributed by atoms with Crippen LogP contribution in [0.2, 0.25) is 0 Å². The van der Waals surface area contributed by atoms with Gasteiger partial charge in [0.05, 0.1) is 12.2 Å². The molecule has 10 nitrogen and oxygen atoms in total. The van der Waals surface area contributed by atoms with Gasteiger partial charge in [0.25, 0.3) is 0 Å². The van der Waals surface area contributed by atoms with Crippen molar-refractivity contribution in [1.82, 2.24) is 0 Å². The highest BCUT2D eigenvalue weighted by atomic mass is 16.7. The highest BCUT2D eigenvalue weighted by Crippen LogP contribution is 2.51. The fraction of sp³-hybridized carbons (Fsp3) is 0.358. The third-order valence-electron chi connectivity index (χ3n) is 17.6. The van der Waals surface area contributed by atoms with E-state index in [1.54, 1.807) is 58.8 Å². The summed E-state index contributed by atoms with van der Waals surface area (Å²) < 4.78 is 20.1. The zero-order chi connectivity index (χ0) is 66.4. The number of hydrogen-bond acceptors (Lipinski definition) is 10. The SMILES string of the molecule is C=CC(OC)OC.C=CCCN1/C(=C/C=C/C(=O)/C=C/C=C2/N(CCC=C)c3ccccc3C2(C)C)C(C)(C)c2ccccc21.COC(C)/C=C/CCN1/C(=C/C=C/C(=O)/C=C/C=C2/N(CC/C=C/C(C)OC)c3ccccc3C2(C)C)C(C)(C)c2ccccc21. The maximum Gasteiger partial charge on any atom is 0.178 e. The summed E-state index contributed by atoms with van der Waals surface area (Å²) in [6.07, 6.45) is 40.1. The largest absolute Gasteiger partial charge is 0.378 e. The molecule has 2 unspecified atom stereocenters. The predicted molar refractivity (Wildman–Crippen MR) is 384 cm³/mol. The molecule has 0 fully saturated rings. The first-order valence-electron chi connectivity index (χ1n) is 32.0. The van der Waals surface area contributed by atoms with Crippen LogP contribution in [0.3, 0.4) is 0 Å². The molecule has 0 saturated heterocycles. The first-order chi connectivity index (χ1) is 43.6. The summed E-state index contributed by atoms with van der Waals surface area (Å²) in [5.74, 6) is -0.0722. The highest BCUT2D eigenvalue weighted by Gasteiger charge is 2.42. The highest BCUT2D eigenvalue weighted by molar-refractivity contribution is 6.00. The van der Waals surface area contributed by atoms with Crippen LogP contribution in [-0.4, -0.2) is 84.7 Å². The summed E-state index contributed by atoms with van der Waals surface area (Å²) >= 11 is 0. The predicted octanol–water partition coefficient (Wildman–Crippen LogP) is 18.0. The number of ketones is 2. The lowest BCUT2D eigenvalue weighted by Gasteiger charge is -2.26. The number of methoxy groups -OCH3 is 4. The van der Waals surface area contributed by atoms with E-state index in [4.69, 9.17) is 18.9 Å². The van der Waals surface area contributed by atoms with E-state index in [1.807, 2.05) is 50.3 Å². The number of carbonyl (C=O) groups excluding carboxylic acids is 2. The quantitative estimate of drug-likeness (QED) is 0.0327. The van der Waals surface area contributed by atoms with E-state index in [0.29, 0.717) is 0 Å². The summed E-state index contributed by atoms with van der Waals surface area (Å²) in [5.41, 5.74) is 14.3. The van der Waals surface area contributed by atoms with Gasteiger partial charge in [-0.25, -0.2) is 0 Å². The molecule has 4 heterocycles. The van der Waals surface area contributed by atoms with Gasteiger partial charge in [0, 0.05) is 122 Å². The minimum absolute atomic E-state index is 0.0318. The van der Waals surface area contributed by atoms with Gasteiger partial charge >= 0.3 is 0 Å². The van der Waals surface area contributed by atoms with Crippen molar-refractivity contribution in [2.45, 2.75) is 135 Å². The zero-order valence-corrected chi connectivity index (χ0v) is 57.0. The molecule has 0 aromatic heterocycles. The summed E-state index contributed by atoms with van der Waals surface area (Å²) in [6, 6.07) is 34.3. The Hall–Kier alpha value is -8.12. The van der Waals surface area contributed by atoms with Gasteiger partial charge in [0.15, 0.2) is 17.9 Å². The van der Waals surface area contributed by atoms with Crippen molar-refractivity contribution < 1.29 is 28.5 Å². The van der Waals surface area contributed by atoms with Crippen LogP contribution in [0.5, 0.6) is 0 Å². The molecule has 0 bridgehead atoms. The summed E-state index contributed by atoms with van der Waals surface area (Å²) in [7, 11) is 6.58. The Labute approximate surface area is 546 Å². The number of benzene rings is 4. The van der Waals surface area contributed by atoms with E-state index >= 15 is 0 Å². The Morgan fingerprint density at radius 2 is 0.659 bits per heavy atom. The maximum absolute atomic E-state index is 13.0. The van der Waals surface area contributed by atoms with Gasteiger partial charge in [-0.15, -0.1) is 13.2 Å². The van der Waals surface area contributed by atoms with E-state index in [1.165, 1.54) is 67.8 Å². The van der Waals surface area contributed by atoms with Crippen molar-refractivity contribution >= 4 is 34.3 Å². The van der Waals surface area contributed by atoms with Crippen molar-refractivity contribution in [3.63, 3.8) is 0 Å². The van der Waals surface area contributed by atoms with Crippen LogP contribution in [-0.2, 0) is 50.2 Å². The summed E-state index contributed by atoms with van der Waals surface area (Å²) in [5, 5.41) is 0. The van der Waals surface area contributed by atoms with Crippen LogP contribution < -0.4 is 19.6 Å². The molecule has 4 aliphatic heterocycles. The Bertz CT molecular complexity index is 3250. The third-order valence-corrected chi connectivity index (χ3v) is 17.6. The van der Waals surface area contributed by atoms with Gasteiger partial charge in [-0.1, -0.05) is 196 Å². The molecule has 91 heavy (non-hydrogen) atoms. The fourth-order valence-electron chi connectivity index (χ4n) is 12.4. The Balaban J connectivity index is 0.000000265. The standard InChI is InChI=1S/C41H52N2O3.C35H40N2O.C5H10O2/c1-31(45-7)19-13-15-29-42-36-25-11-9-23-34(36)40(3,4)38(42)27-17-21-33(44)22-18-28-39-41(5,6)35-24-10-12-26-37(35)43(39)30-16-14-20-32(2)46-8;1-7-9-25-36-30-21-13-11-19-28(30)34(3,4)32(36)23-15-17-27(38)18-16-24-33-35(5,6)29-20-12-14-22-31(29)37(33)26-10-8-2;1-4-5(6-2)7-3/h9-14,17-28,31-32H,15-16,29-30H2,1-8H3;7-8,11-24H,1-2,9-10,25-26H2,3-6H3;4-5H,1H2,2-3H3/b19-13+,20-14+,21-17+,22-18+,38-27+,39-28+;17-15+,18-16+,32-23+,33-24+;. The normalized spacial score (nSPS) is 19.1. The van der Waals surface area contributed by atoms with Crippen LogP contribution in [0.4, 0.5) is 22.7 Å². The zero-order valence-electron chi connectivity index (χ0n) is 57.0. The third kappa shape index (κ3) is 17.7. The molecule has 0 saturated carbocycles. The molecule has 10 heteroatoms. The topological polar surface area (TPSA) is 84.0 Å². The molecule has 0 radical (unpaired) electrons. The monoisotopic (exact) mass is 1230 g/mol. The van der Waals surface area contributed by atoms with Crippen molar-refractivity contribution in [3.8, 4) is 0 Å². The number of anilines is 4. The molecule has 4 aromatic carbocycles. The number of allylic oxidation sites excluding steroid dienone is 16. The maximum atomic E-state index is 13.0. The molecule has 8 rings (SSSR count). The lowest BCUT2D eigenvalue weighted by molar-refractivity contribution is -0.111. The molecular weight excluding hydrogens is 1120 g/mol. The van der Waals surface area contributed by atoms with Crippen molar-refractivity contribution in [2.24, 2.45) is 0 Å². The van der Waals surface area contributed by atoms with Crippen molar-refractivity contribution in [3.05, 3.63) is 277 Å². The van der Waals surface area contributed by atoms with E-state index in [9.17, 15) is 9.59 Å². The molecule has 0 aliphatic carbocycles. The average molecular weight is 1230 g/mol. The van der Waals surface area contributed by atoms with Crippen molar-refractivity contribution in [1.29, 1.82) is 0 Å². The smallest absolute Gasteiger partial charge is 0.178 e.